The fourth-order valence-electron chi connectivity index (χ4n) is 3.82. The largest absolute Gasteiger partial charge is 0.494 e. The molecule has 0 saturated carbocycles. The fourth-order valence-corrected chi connectivity index (χ4v) is 3.82. The smallest absolute Gasteiger partial charge is 0.254 e. The van der Waals surface area contributed by atoms with Crippen LogP contribution in [0.25, 0.3) is 0 Å². The Hall–Kier alpha value is -2.15. The van der Waals surface area contributed by atoms with Gasteiger partial charge in [0, 0.05) is 38.2 Å². The molecule has 2 amide bonds. The van der Waals surface area contributed by atoms with E-state index in [2.05, 4.69) is 0 Å². The highest BCUT2D eigenvalue weighted by Crippen LogP contribution is 2.31. The van der Waals surface area contributed by atoms with Gasteiger partial charge in [0.2, 0.25) is 5.91 Å². The summed E-state index contributed by atoms with van der Waals surface area (Å²) in [6.07, 6.45) is 1.83. The van der Waals surface area contributed by atoms with Crippen molar-refractivity contribution in [1.29, 1.82) is 0 Å². The first-order valence-corrected chi connectivity index (χ1v) is 9.02. The number of carbonyl (C=O) groups excluding carboxylic acids is 2. The summed E-state index contributed by atoms with van der Waals surface area (Å²) in [5.74, 6) is -0.698. The second-order valence-corrected chi connectivity index (χ2v) is 6.90. The van der Waals surface area contributed by atoms with E-state index in [-0.39, 0.29) is 29.5 Å². The quantitative estimate of drug-likeness (QED) is 0.821. The number of hydrogen-bond donors (Lipinski definition) is 0. The van der Waals surface area contributed by atoms with Gasteiger partial charge in [-0.3, -0.25) is 9.59 Å². The van der Waals surface area contributed by atoms with E-state index in [0.717, 1.165) is 6.42 Å². The molecule has 0 N–H and O–H groups in total. The molecule has 1 aromatic carbocycles. The number of methoxy groups -OCH3 is 1. The topological polar surface area (TPSA) is 59.1 Å². The number of nitrogens with zero attached hydrogens (tertiary/aromatic N) is 2. The molecular weight excluding hydrogens is 339 g/mol. The first-order valence-electron chi connectivity index (χ1n) is 9.02. The maximum absolute atomic E-state index is 14.0. The van der Waals surface area contributed by atoms with Gasteiger partial charge in [-0.25, -0.2) is 4.39 Å². The van der Waals surface area contributed by atoms with Gasteiger partial charge in [0.1, 0.15) is 0 Å². The SMILES string of the molecule is CCCN1C(=O)CCN(C(=O)c2ccc(OC)c(F)c2)CC12CCOC2. The molecular formula is C19H25FN2O4. The maximum Gasteiger partial charge on any atom is 0.254 e. The van der Waals surface area contributed by atoms with Crippen molar-refractivity contribution in [2.75, 3.05) is 40.0 Å². The lowest BCUT2D eigenvalue weighted by Crippen LogP contribution is -2.57. The third-order valence-corrected chi connectivity index (χ3v) is 5.17. The summed E-state index contributed by atoms with van der Waals surface area (Å²) in [6.45, 7) is 4.43. The van der Waals surface area contributed by atoms with Gasteiger partial charge in [-0.2, -0.15) is 0 Å². The van der Waals surface area contributed by atoms with Crippen LogP contribution < -0.4 is 4.74 Å². The molecule has 0 aromatic heterocycles. The molecule has 1 aromatic rings. The molecule has 142 valence electrons. The van der Waals surface area contributed by atoms with Crippen molar-refractivity contribution in [2.45, 2.75) is 31.7 Å². The van der Waals surface area contributed by atoms with Gasteiger partial charge in [0.15, 0.2) is 11.6 Å². The van der Waals surface area contributed by atoms with E-state index < -0.39 is 11.4 Å². The number of ether oxygens (including phenoxy) is 2. The van der Waals surface area contributed by atoms with E-state index in [1.807, 2.05) is 11.8 Å². The van der Waals surface area contributed by atoms with Crippen LogP contribution in [0.3, 0.4) is 0 Å². The normalized spacial score (nSPS) is 23.4. The summed E-state index contributed by atoms with van der Waals surface area (Å²) in [5, 5.41) is 0. The van der Waals surface area contributed by atoms with E-state index in [1.165, 1.54) is 19.2 Å². The van der Waals surface area contributed by atoms with E-state index in [4.69, 9.17) is 9.47 Å². The zero-order chi connectivity index (χ0) is 18.7. The average Bonchev–Trinajstić information content (AvgIpc) is 3.06. The summed E-state index contributed by atoms with van der Waals surface area (Å²) in [6, 6.07) is 4.19. The minimum atomic E-state index is -0.573. The lowest BCUT2D eigenvalue weighted by atomic mass is 9.95. The molecule has 2 fully saturated rings. The summed E-state index contributed by atoms with van der Waals surface area (Å²) in [5.41, 5.74) is -0.224. The van der Waals surface area contributed by atoms with Crippen molar-refractivity contribution >= 4 is 11.8 Å². The fraction of sp³-hybridized carbons (Fsp3) is 0.579. The summed E-state index contributed by atoms with van der Waals surface area (Å²) in [4.78, 5) is 29.2. The Balaban J connectivity index is 1.87. The molecule has 3 rings (SSSR count). The van der Waals surface area contributed by atoms with Crippen LogP contribution in [0.1, 0.15) is 36.5 Å². The van der Waals surface area contributed by atoms with Crippen molar-refractivity contribution in [2.24, 2.45) is 0 Å². The van der Waals surface area contributed by atoms with Crippen molar-refractivity contribution in [1.82, 2.24) is 9.80 Å². The number of benzene rings is 1. The van der Waals surface area contributed by atoms with Gasteiger partial charge in [0.25, 0.3) is 5.91 Å². The predicted molar refractivity (Wildman–Crippen MR) is 93.6 cm³/mol. The van der Waals surface area contributed by atoms with Crippen LogP contribution in [0.5, 0.6) is 5.75 Å². The lowest BCUT2D eigenvalue weighted by Gasteiger charge is -2.40. The van der Waals surface area contributed by atoms with Crippen molar-refractivity contribution < 1.29 is 23.5 Å². The Morgan fingerprint density at radius 3 is 2.85 bits per heavy atom. The molecule has 2 aliphatic rings. The Morgan fingerprint density at radius 1 is 1.42 bits per heavy atom. The van der Waals surface area contributed by atoms with Crippen molar-refractivity contribution in [3.63, 3.8) is 0 Å². The molecule has 2 heterocycles. The molecule has 0 bridgehead atoms. The molecule has 7 heteroatoms. The maximum atomic E-state index is 14.0. The monoisotopic (exact) mass is 364 g/mol. The molecule has 1 spiro atoms. The van der Waals surface area contributed by atoms with Crippen LogP contribution in [0.15, 0.2) is 18.2 Å². The Labute approximate surface area is 152 Å². The molecule has 1 atom stereocenters. The van der Waals surface area contributed by atoms with Crippen LogP contribution >= 0.6 is 0 Å². The third kappa shape index (κ3) is 3.40. The molecule has 0 aliphatic carbocycles. The van der Waals surface area contributed by atoms with E-state index in [1.54, 1.807) is 11.0 Å². The van der Waals surface area contributed by atoms with Gasteiger partial charge in [-0.15, -0.1) is 0 Å². The number of amides is 2. The highest BCUT2D eigenvalue weighted by molar-refractivity contribution is 5.95. The zero-order valence-corrected chi connectivity index (χ0v) is 15.3. The van der Waals surface area contributed by atoms with Gasteiger partial charge in [-0.05, 0) is 31.0 Å². The number of hydrogen-bond acceptors (Lipinski definition) is 4. The summed E-state index contributed by atoms with van der Waals surface area (Å²) >= 11 is 0. The first kappa shape index (κ1) is 18.6. The van der Waals surface area contributed by atoms with Crippen LogP contribution in [-0.4, -0.2) is 67.1 Å². The summed E-state index contributed by atoms with van der Waals surface area (Å²) < 4.78 is 24.5. The van der Waals surface area contributed by atoms with Gasteiger partial charge in [0.05, 0.1) is 19.3 Å². The molecule has 6 nitrogen and oxygen atoms in total. The van der Waals surface area contributed by atoms with E-state index in [0.29, 0.717) is 39.3 Å². The Kier molecular flexibility index (Phi) is 5.46. The zero-order valence-electron chi connectivity index (χ0n) is 15.3. The van der Waals surface area contributed by atoms with Crippen molar-refractivity contribution in [3.05, 3.63) is 29.6 Å². The number of carbonyl (C=O) groups is 2. The molecule has 0 radical (unpaired) electrons. The lowest BCUT2D eigenvalue weighted by molar-refractivity contribution is -0.136. The minimum Gasteiger partial charge on any atom is -0.494 e. The van der Waals surface area contributed by atoms with Gasteiger partial charge in [-0.1, -0.05) is 6.92 Å². The summed E-state index contributed by atoms with van der Waals surface area (Å²) in [7, 11) is 1.38. The molecule has 26 heavy (non-hydrogen) atoms. The Morgan fingerprint density at radius 2 is 2.23 bits per heavy atom. The van der Waals surface area contributed by atoms with Crippen molar-refractivity contribution in [3.8, 4) is 5.75 Å². The predicted octanol–water partition coefficient (Wildman–Crippen LogP) is 2.08. The minimum absolute atomic E-state index is 0.0496. The number of rotatable bonds is 4. The van der Waals surface area contributed by atoms with Gasteiger partial charge >= 0.3 is 0 Å². The first-order chi connectivity index (χ1) is 12.5. The van der Waals surface area contributed by atoms with Crippen LogP contribution in [0.4, 0.5) is 4.39 Å². The van der Waals surface area contributed by atoms with Crippen LogP contribution in [0, 0.1) is 5.82 Å². The second-order valence-electron chi connectivity index (χ2n) is 6.90. The Bertz CT molecular complexity index is 688. The second kappa shape index (κ2) is 7.61. The average molecular weight is 364 g/mol. The van der Waals surface area contributed by atoms with Crippen LogP contribution in [-0.2, 0) is 9.53 Å². The standard InChI is InChI=1S/C19H25FN2O4/c1-3-8-22-17(23)6-9-21(12-19(22)7-10-26-13-19)18(24)14-4-5-16(25-2)15(20)11-14/h4-5,11H,3,6-10,12-13H2,1-2H3. The third-order valence-electron chi connectivity index (χ3n) is 5.17. The van der Waals surface area contributed by atoms with Crippen LogP contribution in [0.2, 0.25) is 0 Å². The molecule has 1 unspecified atom stereocenters. The number of halogens is 1. The van der Waals surface area contributed by atoms with E-state index >= 15 is 0 Å². The highest BCUT2D eigenvalue weighted by Gasteiger charge is 2.46. The highest BCUT2D eigenvalue weighted by atomic mass is 19.1. The van der Waals surface area contributed by atoms with Gasteiger partial charge < -0.3 is 19.3 Å². The van der Waals surface area contributed by atoms with E-state index in [9.17, 15) is 14.0 Å². The molecule has 2 aliphatic heterocycles. The molecule has 2 saturated heterocycles.